The molecule has 22 heavy (non-hydrogen) atoms. The van der Waals surface area contributed by atoms with Gasteiger partial charge in [0.2, 0.25) is 0 Å². The van der Waals surface area contributed by atoms with E-state index in [4.69, 9.17) is 16.3 Å². The van der Waals surface area contributed by atoms with Crippen molar-refractivity contribution in [3.63, 3.8) is 0 Å². The molecule has 116 valence electrons. The second-order valence-electron chi connectivity index (χ2n) is 4.99. The molecule has 0 saturated heterocycles. The molecule has 0 spiro atoms. The normalized spacial score (nSPS) is 17.1. The molecule has 1 unspecified atom stereocenters. The van der Waals surface area contributed by atoms with Crippen LogP contribution in [0.25, 0.3) is 0 Å². The van der Waals surface area contributed by atoms with Crippen molar-refractivity contribution in [3.8, 4) is 5.75 Å². The topological polar surface area (TPSA) is 59.4 Å². The number of hydrogen-bond acceptors (Lipinski definition) is 4. The monoisotopic (exact) mass is 320 g/mol. The van der Waals surface area contributed by atoms with Crippen LogP contribution in [-0.4, -0.2) is 39.6 Å². The largest absolute Gasteiger partial charge is 0.497 e. The highest BCUT2D eigenvalue weighted by Crippen LogP contribution is 2.27. The van der Waals surface area contributed by atoms with E-state index >= 15 is 0 Å². The smallest absolute Gasteiger partial charge is 0.278 e. The Morgan fingerprint density at radius 2 is 2.27 bits per heavy atom. The number of anilines is 1. The van der Waals surface area contributed by atoms with Crippen LogP contribution in [0.2, 0.25) is 0 Å². The number of carbonyl (C=O) groups is 1. The SMILES string of the molecule is CCN1C(=O)c2ncn(Cc3cccc(OC)c3)c2NC1Cl. The van der Waals surface area contributed by atoms with Gasteiger partial charge in [-0.2, -0.15) is 0 Å². The molecular formula is C15H17ClN4O2. The van der Waals surface area contributed by atoms with E-state index in [2.05, 4.69) is 10.3 Å². The van der Waals surface area contributed by atoms with Gasteiger partial charge in [-0.05, 0) is 24.6 Å². The summed E-state index contributed by atoms with van der Waals surface area (Å²) in [5, 5.41) is 3.13. The summed E-state index contributed by atoms with van der Waals surface area (Å²) in [7, 11) is 1.63. The molecule has 1 N–H and O–H groups in total. The number of nitrogens with zero attached hydrogens (tertiary/aromatic N) is 3. The highest BCUT2D eigenvalue weighted by atomic mass is 35.5. The van der Waals surface area contributed by atoms with Crippen LogP contribution in [0.4, 0.5) is 5.82 Å². The molecular weight excluding hydrogens is 304 g/mol. The first kappa shape index (κ1) is 14.7. The molecule has 1 aromatic carbocycles. The number of imidazole rings is 1. The van der Waals surface area contributed by atoms with E-state index in [9.17, 15) is 4.79 Å². The van der Waals surface area contributed by atoms with Gasteiger partial charge in [0.15, 0.2) is 11.3 Å². The molecule has 3 rings (SSSR count). The van der Waals surface area contributed by atoms with Crippen LogP contribution in [0.1, 0.15) is 23.0 Å². The van der Waals surface area contributed by atoms with Crippen molar-refractivity contribution < 1.29 is 9.53 Å². The molecule has 0 saturated carbocycles. The van der Waals surface area contributed by atoms with Gasteiger partial charge in [-0.3, -0.25) is 4.79 Å². The summed E-state index contributed by atoms with van der Waals surface area (Å²) in [5.74, 6) is 1.29. The molecule has 1 aliphatic rings. The first-order chi connectivity index (χ1) is 10.6. The average Bonchev–Trinajstić information content (AvgIpc) is 2.91. The highest BCUT2D eigenvalue weighted by molar-refractivity contribution is 6.23. The summed E-state index contributed by atoms with van der Waals surface area (Å²) in [4.78, 5) is 18.1. The van der Waals surface area contributed by atoms with Crippen molar-refractivity contribution in [1.82, 2.24) is 14.5 Å². The summed E-state index contributed by atoms with van der Waals surface area (Å²) in [6.45, 7) is 2.99. The lowest BCUT2D eigenvalue weighted by Gasteiger charge is -2.31. The van der Waals surface area contributed by atoms with Crippen LogP contribution in [0.15, 0.2) is 30.6 Å². The quantitative estimate of drug-likeness (QED) is 0.694. The molecule has 2 heterocycles. The number of fused-ring (bicyclic) bond motifs is 1. The van der Waals surface area contributed by atoms with Gasteiger partial charge >= 0.3 is 0 Å². The Bertz CT molecular complexity index is 701. The number of nitrogens with one attached hydrogen (secondary N) is 1. The Morgan fingerprint density at radius 3 is 3.00 bits per heavy atom. The van der Waals surface area contributed by atoms with E-state index in [0.29, 0.717) is 24.6 Å². The predicted octanol–water partition coefficient (Wildman–Crippen LogP) is 2.35. The number of alkyl halides is 1. The Hall–Kier alpha value is -2.21. The van der Waals surface area contributed by atoms with Crippen molar-refractivity contribution >= 4 is 23.3 Å². The third-order valence-electron chi connectivity index (χ3n) is 3.66. The van der Waals surface area contributed by atoms with E-state index < -0.39 is 5.62 Å². The number of halogens is 1. The summed E-state index contributed by atoms with van der Waals surface area (Å²) in [5.41, 5.74) is 0.894. The van der Waals surface area contributed by atoms with Gasteiger partial charge in [-0.25, -0.2) is 4.98 Å². The number of benzene rings is 1. The highest BCUT2D eigenvalue weighted by Gasteiger charge is 2.33. The summed E-state index contributed by atoms with van der Waals surface area (Å²) >= 11 is 6.22. The summed E-state index contributed by atoms with van der Waals surface area (Å²) < 4.78 is 7.11. The lowest BCUT2D eigenvalue weighted by atomic mass is 10.2. The third-order valence-corrected chi connectivity index (χ3v) is 4.00. The van der Waals surface area contributed by atoms with Crippen molar-refractivity contribution in [2.75, 3.05) is 19.0 Å². The first-order valence-corrected chi connectivity index (χ1v) is 7.47. The van der Waals surface area contributed by atoms with E-state index in [1.54, 1.807) is 13.4 Å². The molecule has 1 aromatic heterocycles. The van der Waals surface area contributed by atoms with Crippen LogP contribution in [0.3, 0.4) is 0 Å². The maximum absolute atomic E-state index is 12.3. The third kappa shape index (κ3) is 2.50. The first-order valence-electron chi connectivity index (χ1n) is 7.03. The maximum Gasteiger partial charge on any atom is 0.278 e. The molecule has 1 aliphatic heterocycles. The Labute approximate surface area is 133 Å². The lowest BCUT2D eigenvalue weighted by Crippen LogP contribution is -2.46. The molecule has 0 aliphatic carbocycles. The van der Waals surface area contributed by atoms with Crippen molar-refractivity contribution in [3.05, 3.63) is 41.9 Å². The fourth-order valence-electron chi connectivity index (χ4n) is 2.51. The van der Waals surface area contributed by atoms with Gasteiger partial charge in [0.05, 0.1) is 20.0 Å². The van der Waals surface area contributed by atoms with Crippen LogP contribution in [0, 0.1) is 0 Å². The standard InChI is InChI=1S/C15H17ClN4O2/c1-3-20-14(21)12-13(18-15(20)16)19(9-17-12)8-10-5-4-6-11(7-10)22-2/h4-7,9,15,18H,3,8H2,1-2H3. The van der Waals surface area contributed by atoms with Crippen molar-refractivity contribution in [2.24, 2.45) is 0 Å². The van der Waals surface area contributed by atoms with Crippen LogP contribution >= 0.6 is 11.6 Å². The van der Waals surface area contributed by atoms with Crippen molar-refractivity contribution in [1.29, 1.82) is 0 Å². The molecule has 0 radical (unpaired) electrons. The fraction of sp³-hybridized carbons (Fsp3) is 0.333. The molecule has 7 heteroatoms. The van der Waals surface area contributed by atoms with Crippen LogP contribution < -0.4 is 10.1 Å². The van der Waals surface area contributed by atoms with Gasteiger partial charge < -0.3 is 19.5 Å². The van der Waals surface area contributed by atoms with Crippen LogP contribution in [-0.2, 0) is 6.54 Å². The zero-order valence-electron chi connectivity index (χ0n) is 12.4. The number of ether oxygens (including phenoxy) is 1. The van der Waals surface area contributed by atoms with E-state index in [1.165, 1.54) is 4.90 Å². The summed E-state index contributed by atoms with van der Waals surface area (Å²) in [6, 6.07) is 7.77. The molecule has 6 nitrogen and oxygen atoms in total. The van der Waals surface area contributed by atoms with Gasteiger partial charge in [-0.15, -0.1) is 0 Å². The van der Waals surface area contributed by atoms with E-state index in [-0.39, 0.29) is 5.91 Å². The second-order valence-corrected chi connectivity index (χ2v) is 5.41. The van der Waals surface area contributed by atoms with Gasteiger partial charge in [-0.1, -0.05) is 23.7 Å². The molecule has 1 atom stereocenters. The van der Waals surface area contributed by atoms with Crippen LogP contribution in [0.5, 0.6) is 5.75 Å². The Morgan fingerprint density at radius 1 is 1.45 bits per heavy atom. The van der Waals surface area contributed by atoms with E-state index in [1.807, 2.05) is 35.8 Å². The Balaban J connectivity index is 1.90. The van der Waals surface area contributed by atoms with E-state index in [0.717, 1.165) is 11.3 Å². The number of aromatic nitrogens is 2. The lowest BCUT2D eigenvalue weighted by molar-refractivity contribution is 0.0739. The summed E-state index contributed by atoms with van der Waals surface area (Å²) in [6.07, 6.45) is 1.65. The number of carbonyl (C=O) groups excluding carboxylic acids is 1. The minimum atomic E-state index is -0.564. The minimum Gasteiger partial charge on any atom is -0.497 e. The predicted molar refractivity (Wildman–Crippen MR) is 84.3 cm³/mol. The number of amides is 1. The average molecular weight is 321 g/mol. The fourth-order valence-corrected chi connectivity index (χ4v) is 2.84. The van der Waals surface area contributed by atoms with Gasteiger partial charge in [0.25, 0.3) is 5.91 Å². The van der Waals surface area contributed by atoms with Gasteiger partial charge in [0, 0.05) is 6.54 Å². The second kappa shape index (κ2) is 5.88. The zero-order chi connectivity index (χ0) is 15.7. The van der Waals surface area contributed by atoms with Crippen molar-refractivity contribution in [2.45, 2.75) is 19.1 Å². The van der Waals surface area contributed by atoms with Gasteiger partial charge in [0.1, 0.15) is 11.6 Å². The molecule has 2 aromatic rings. The maximum atomic E-state index is 12.3. The molecule has 0 fully saturated rings. The number of rotatable bonds is 4. The zero-order valence-corrected chi connectivity index (χ0v) is 13.2. The molecule has 1 amide bonds. The molecule has 0 bridgehead atoms. The minimum absolute atomic E-state index is 0.152. The number of hydrogen-bond donors (Lipinski definition) is 1. The number of methoxy groups -OCH3 is 1. The Kier molecular flexibility index (Phi) is 3.94.